The Morgan fingerprint density at radius 3 is 2.88 bits per heavy atom. The van der Waals surface area contributed by atoms with Crippen LogP contribution in [0.15, 0.2) is 36.5 Å². The van der Waals surface area contributed by atoms with Gasteiger partial charge in [-0.1, -0.05) is 34.1 Å². The lowest BCUT2D eigenvalue weighted by atomic mass is 9.85. The summed E-state index contributed by atoms with van der Waals surface area (Å²) in [4.78, 5) is 18.8. The zero-order chi connectivity index (χ0) is 18.0. The Balaban J connectivity index is 1.71. The standard InChI is InChI=1S/C18H16BrN3O2S/c1-17(2)13(8-20)22-15(24)18(19,16(22)25-17)14(23)11-7-10-5-3-4-6-12(10)21-9-11/h3-7,9,13-14,16,23H,1-2H3/t13-,14+,16-,18+/m0/s1. The number of benzene rings is 1. The second-order valence-electron chi connectivity index (χ2n) is 6.95. The lowest BCUT2D eigenvalue weighted by Gasteiger charge is -2.51. The molecule has 0 spiro atoms. The Hall–Kier alpha value is -1.62. The number of hydrogen-bond donors (Lipinski definition) is 1. The van der Waals surface area contributed by atoms with Gasteiger partial charge in [0.05, 0.1) is 11.6 Å². The van der Waals surface area contributed by atoms with Crippen LogP contribution < -0.4 is 0 Å². The number of nitriles is 1. The Kier molecular flexibility index (Phi) is 3.66. The number of β-lactam (4-membered cyclic amide) rings is 1. The number of thioether (sulfide) groups is 1. The highest BCUT2D eigenvalue weighted by atomic mass is 79.9. The number of amides is 1. The largest absolute Gasteiger partial charge is 0.386 e. The molecule has 1 amide bonds. The van der Waals surface area contributed by atoms with Gasteiger partial charge in [-0.25, -0.2) is 0 Å². The normalized spacial score (nSPS) is 31.3. The number of aliphatic hydroxyl groups is 1. The van der Waals surface area contributed by atoms with Gasteiger partial charge in [0.1, 0.15) is 17.5 Å². The van der Waals surface area contributed by atoms with Gasteiger partial charge in [-0.2, -0.15) is 5.26 Å². The number of pyridine rings is 1. The van der Waals surface area contributed by atoms with E-state index >= 15 is 0 Å². The first-order valence-electron chi connectivity index (χ1n) is 7.92. The molecule has 0 bridgehead atoms. The van der Waals surface area contributed by atoms with E-state index in [-0.39, 0.29) is 16.0 Å². The fraction of sp³-hybridized carbons (Fsp3) is 0.389. The van der Waals surface area contributed by atoms with Crippen LogP contribution in [0.1, 0.15) is 25.5 Å². The van der Waals surface area contributed by atoms with Crippen molar-refractivity contribution in [1.29, 1.82) is 5.26 Å². The number of rotatable bonds is 2. The molecule has 3 heterocycles. The van der Waals surface area contributed by atoms with E-state index in [1.807, 2.05) is 44.2 Å². The molecule has 2 aromatic rings. The summed E-state index contributed by atoms with van der Waals surface area (Å²) < 4.78 is -1.52. The quantitative estimate of drug-likeness (QED) is 0.600. The van der Waals surface area contributed by atoms with Crippen LogP contribution in [-0.2, 0) is 4.79 Å². The number of nitrogens with zero attached hydrogens (tertiary/aromatic N) is 3. The average Bonchev–Trinajstić information content (AvgIpc) is 2.88. The summed E-state index contributed by atoms with van der Waals surface area (Å²) in [5.41, 5.74) is 1.42. The molecule has 0 unspecified atom stereocenters. The first-order chi connectivity index (χ1) is 11.8. The molecule has 2 saturated heterocycles. The van der Waals surface area contributed by atoms with Crippen molar-refractivity contribution in [1.82, 2.24) is 9.88 Å². The maximum Gasteiger partial charge on any atom is 0.247 e. The second kappa shape index (κ2) is 5.44. The number of fused-ring (bicyclic) bond motifs is 2. The summed E-state index contributed by atoms with van der Waals surface area (Å²) in [5, 5.41) is 21.0. The van der Waals surface area contributed by atoms with Gasteiger partial charge < -0.3 is 10.0 Å². The van der Waals surface area contributed by atoms with Crippen LogP contribution in [0.3, 0.4) is 0 Å². The van der Waals surface area contributed by atoms with Crippen molar-refractivity contribution in [2.24, 2.45) is 0 Å². The van der Waals surface area contributed by atoms with E-state index in [9.17, 15) is 15.2 Å². The molecule has 25 heavy (non-hydrogen) atoms. The van der Waals surface area contributed by atoms with Crippen LogP contribution in [0.2, 0.25) is 0 Å². The highest BCUT2D eigenvalue weighted by Gasteiger charge is 2.71. The molecule has 0 aliphatic carbocycles. The molecule has 4 atom stereocenters. The number of hydrogen-bond acceptors (Lipinski definition) is 5. The summed E-state index contributed by atoms with van der Waals surface area (Å²) in [6, 6.07) is 11.2. The Bertz CT molecular complexity index is 928. The predicted octanol–water partition coefficient (Wildman–Crippen LogP) is 2.99. The molecule has 2 aliphatic heterocycles. The summed E-state index contributed by atoms with van der Waals surface area (Å²) in [5.74, 6) is -0.247. The summed E-state index contributed by atoms with van der Waals surface area (Å²) in [6.45, 7) is 3.91. The number of carbonyl (C=O) groups is 1. The Morgan fingerprint density at radius 2 is 2.16 bits per heavy atom. The molecular formula is C18H16BrN3O2S. The van der Waals surface area contributed by atoms with Crippen LogP contribution in [0.5, 0.6) is 0 Å². The van der Waals surface area contributed by atoms with E-state index in [0.717, 1.165) is 10.9 Å². The minimum atomic E-state index is -1.13. The molecule has 2 aliphatic rings. The maximum absolute atomic E-state index is 12.8. The first kappa shape index (κ1) is 16.8. The van der Waals surface area contributed by atoms with Gasteiger partial charge in [-0.05, 0) is 26.0 Å². The SMILES string of the molecule is CC1(C)S[C@@H]2N(C(=O)[C@]2(Br)[C@H](O)c2cnc3ccccc3c2)[C@H]1C#N. The zero-order valence-corrected chi connectivity index (χ0v) is 16.1. The van der Waals surface area contributed by atoms with Gasteiger partial charge in [-0.15, -0.1) is 11.8 Å². The lowest BCUT2D eigenvalue weighted by molar-refractivity contribution is -0.153. The van der Waals surface area contributed by atoms with Gasteiger partial charge in [-0.3, -0.25) is 9.78 Å². The summed E-state index contributed by atoms with van der Waals surface area (Å²) in [7, 11) is 0. The van der Waals surface area contributed by atoms with Crippen LogP contribution in [0.4, 0.5) is 0 Å². The number of para-hydroxylation sites is 1. The smallest absolute Gasteiger partial charge is 0.247 e. The first-order valence-corrected chi connectivity index (χ1v) is 9.60. The van der Waals surface area contributed by atoms with Gasteiger partial charge in [0.15, 0.2) is 4.32 Å². The van der Waals surface area contributed by atoms with Gasteiger partial charge in [0.25, 0.3) is 0 Å². The molecule has 1 aromatic heterocycles. The third-order valence-electron chi connectivity index (χ3n) is 4.97. The fourth-order valence-electron chi connectivity index (χ4n) is 3.58. The number of aromatic nitrogens is 1. The van der Waals surface area contributed by atoms with E-state index in [1.54, 1.807) is 22.9 Å². The molecule has 0 saturated carbocycles. The van der Waals surface area contributed by atoms with Crippen molar-refractivity contribution < 1.29 is 9.90 Å². The minimum absolute atomic E-state index is 0.247. The zero-order valence-electron chi connectivity index (χ0n) is 13.7. The number of aliphatic hydroxyl groups excluding tert-OH is 1. The molecule has 7 heteroatoms. The number of carbonyl (C=O) groups excluding carboxylic acids is 1. The number of alkyl halides is 1. The van der Waals surface area contributed by atoms with E-state index < -0.39 is 16.5 Å². The topological polar surface area (TPSA) is 77.2 Å². The minimum Gasteiger partial charge on any atom is -0.386 e. The molecule has 2 fully saturated rings. The number of halogens is 1. The van der Waals surface area contributed by atoms with Crippen molar-refractivity contribution >= 4 is 44.5 Å². The molecule has 1 N–H and O–H groups in total. The van der Waals surface area contributed by atoms with E-state index in [4.69, 9.17) is 0 Å². The monoisotopic (exact) mass is 417 g/mol. The van der Waals surface area contributed by atoms with Gasteiger partial charge in [0.2, 0.25) is 5.91 Å². The Labute approximate surface area is 158 Å². The van der Waals surface area contributed by atoms with Crippen LogP contribution in [0, 0.1) is 11.3 Å². The summed E-state index contributed by atoms with van der Waals surface area (Å²) >= 11 is 5.06. The molecule has 128 valence electrons. The van der Waals surface area contributed by atoms with E-state index in [1.165, 1.54) is 0 Å². The van der Waals surface area contributed by atoms with Crippen molar-refractivity contribution in [2.75, 3.05) is 0 Å². The molecule has 0 radical (unpaired) electrons. The van der Waals surface area contributed by atoms with Crippen LogP contribution in [-0.4, -0.2) is 41.4 Å². The highest BCUT2D eigenvalue weighted by molar-refractivity contribution is 9.10. The molecule has 4 rings (SSSR count). The van der Waals surface area contributed by atoms with Crippen LogP contribution in [0.25, 0.3) is 10.9 Å². The predicted molar refractivity (Wildman–Crippen MR) is 100 cm³/mol. The van der Waals surface area contributed by atoms with Crippen LogP contribution >= 0.6 is 27.7 Å². The molecular weight excluding hydrogens is 402 g/mol. The van der Waals surface area contributed by atoms with E-state index in [2.05, 4.69) is 27.0 Å². The van der Waals surface area contributed by atoms with Crippen molar-refractivity contribution in [3.63, 3.8) is 0 Å². The molecule has 5 nitrogen and oxygen atoms in total. The van der Waals surface area contributed by atoms with Gasteiger partial charge >= 0.3 is 0 Å². The third-order valence-corrected chi connectivity index (χ3v) is 8.14. The summed E-state index contributed by atoms with van der Waals surface area (Å²) in [6.07, 6.45) is 0.567. The van der Waals surface area contributed by atoms with Crippen molar-refractivity contribution in [3.05, 3.63) is 42.1 Å². The average molecular weight is 418 g/mol. The van der Waals surface area contributed by atoms with E-state index in [0.29, 0.717) is 5.56 Å². The Morgan fingerprint density at radius 1 is 1.44 bits per heavy atom. The fourth-order valence-corrected chi connectivity index (χ4v) is 6.15. The lowest BCUT2D eigenvalue weighted by Crippen LogP contribution is -2.71. The van der Waals surface area contributed by atoms with Gasteiger partial charge in [0, 0.05) is 21.9 Å². The van der Waals surface area contributed by atoms with Crippen molar-refractivity contribution in [3.8, 4) is 6.07 Å². The second-order valence-corrected chi connectivity index (χ2v) is 10.00. The third kappa shape index (κ3) is 2.17. The molecule has 1 aromatic carbocycles. The van der Waals surface area contributed by atoms with Crippen molar-refractivity contribution in [2.45, 2.75) is 40.4 Å². The highest BCUT2D eigenvalue weighted by Crippen LogP contribution is 2.61. The maximum atomic E-state index is 12.8.